The molecule has 3 N–H and O–H groups in total. The molecule has 3 aromatic rings. The number of rotatable bonds is 14. The molecular formula is C34H36N4O9. The molecule has 0 spiro atoms. The van der Waals surface area contributed by atoms with Gasteiger partial charge in [-0.3, -0.25) is 4.79 Å². The molecule has 47 heavy (non-hydrogen) atoms. The third-order valence-corrected chi connectivity index (χ3v) is 6.80. The third-order valence-electron chi connectivity index (χ3n) is 6.80. The number of esters is 2. The van der Waals surface area contributed by atoms with Crippen molar-refractivity contribution in [3.8, 4) is 17.2 Å². The van der Waals surface area contributed by atoms with E-state index in [2.05, 4.69) is 21.2 Å². The number of nitrogens with one attached hydrogen (secondary N) is 3. The molecule has 0 fully saturated rings. The summed E-state index contributed by atoms with van der Waals surface area (Å²) < 4.78 is 27.1. The third kappa shape index (κ3) is 9.33. The van der Waals surface area contributed by atoms with Crippen LogP contribution in [0.5, 0.6) is 17.2 Å². The first-order valence-corrected chi connectivity index (χ1v) is 14.8. The minimum atomic E-state index is -0.777. The van der Waals surface area contributed by atoms with Crippen LogP contribution < -0.4 is 30.3 Å². The molecule has 0 saturated carbocycles. The van der Waals surface area contributed by atoms with Crippen LogP contribution in [0.1, 0.15) is 53.9 Å². The van der Waals surface area contributed by atoms with Crippen LogP contribution in [0.2, 0.25) is 0 Å². The van der Waals surface area contributed by atoms with Crippen LogP contribution in [0.25, 0.3) is 0 Å². The van der Waals surface area contributed by atoms with Gasteiger partial charge in [-0.05, 0) is 86.0 Å². The lowest BCUT2D eigenvalue weighted by atomic mass is 9.95. The van der Waals surface area contributed by atoms with E-state index in [-0.39, 0.29) is 30.5 Å². The van der Waals surface area contributed by atoms with Gasteiger partial charge in [-0.1, -0.05) is 18.2 Å². The Morgan fingerprint density at radius 1 is 0.894 bits per heavy atom. The Hall–Kier alpha value is -5.85. The molecule has 0 aromatic heterocycles. The summed E-state index contributed by atoms with van der Waals surface area (Å²) in [6.45, 7) is 5.55. The van der Waals surface area contributed by atoms with Crippen LogP contribution in [0, 0.1) is 0 Å². The van der Waals surface area contributed by atoms with Gasteiger partial charge in [-0.2, -0.15) is 5.10 Å². The van der Waals surface area contributed by atoms with Crippen LogP contribution in [-0.4, -0.2) is 57.0 Å². The largest absolute Gasteiger partial charge is 0.493 e. The highest BCUT2D eigenvalue weighted by Gasteiger charge is 2.32. The van der Waals surface area contributed by atoms with Gasteiger partial charge in [0.15, 0.2) is 18.1 Å². The second kappa shape index (κ2) is 16.5. The number of hydrogen-bond donors (Lipinski definition) is 3. The highest BCUT2D eigenvalue weighted by atomic mass is 16.5. The molecule has 0 saturated heterocycles. The van der Waals surface area contributed by atoms with E-state index >= 15 is 0 Å². The smallest absolute Gasteiger partial charge is 0.338 e. The number of ether oxygens (including phenoxy) is 5. The number of carbonyl (C=O) groups is 4. The van der Waals surface area contributed by atoms with Crippen molar-refractivity contribution in [1.29, 1.82) is 0 Å². The van der Waals surface area contributed by atoms with Crippen LogP contribution in [0.3, 0.4) is 0 Å². The Kier molecular flexibility index (Phi) is 11.9. The lowest BCUT2D eigenvalue weighted by Crippen LogP contribution is -2.45. The first kappa shape index (κ1) is 34.0. The Morgan fingerprint density at radius 3 is 2.28 bits per heavy atom. The van der Waals surface area contributed by atoms with E-state index < -0.39 is 23.9 Å². The summed E-state index contributed by atoms with van der Waals surface area (Å²) in [6.07, 6.45) is 1.48. The molecule has 0 unspecified atom stereocenters. The summed E-state index contributed by atoms with van der Waals surface area (Å²) >= 11 is 0. The zero-order chi connectivity index (χ0) is 33.8. The van der Waals surface area contributed by atoms with E-state index in [0.717, 1.165) is 11.1 Å². The SMILES string of the molecule is CCOC(=O)C1=C(C)NC(=O)N[C@H]1c1ccc(OCC(=O)N/N=C/c2ccc(OCc3ccc(C(=O)OCC)cc3)cc2)c(OC)c1. The fraction of sp³-hybridized carbons (Fsp3) is 0.265. The average molecular weight is 645 g/mol. The molecule has 3 amide bonds. The van der Waals surface area contributed by atoms with E-state index in [4.69, 9.17) is 23.7 Å². The van der Waals surface area contributed by atoms with E-state index in [1.807, 2.05) is 12.1 Å². The maximum Gasteiger partial charge on any atom is 0.338 e. The van der Waals surface area contributed by atoms with Crippen molar-refractivity contribution in [1.82, 2.24) is 16.1 Å². The molecule has 1 atom stereocenters. The first-order chi connectivity index (χ1) is 22.7. The van der Waals surface area contributed by atoms with Crippen LogP contribution in [-0.2, 0) is 25.7 Å². The monoisotopic (exact) mass is 644 g/mol. The number of allylic oxidation sites excluding steroid dienone is 1. The molecule has 3 aromatic carbocycles. The number of hydrazone groups is 1. The Morgan fingerprint density at radius 2 is 1.60 bits per heavy atom. The zero-order valence-corrected chi connectivity index (χ0v) is 26.5. The minimum absolute atomic E-state index is 0.179. The maximum atomic E-state index is 12.6. The van der Waals surface area contributed by atoms with Gasteiger partial charge in [0.25, 0.3) is 5.91 Å². The molecule has 0 bridgehead atoms. The number of benzene rings is 3. The fourth-order valence-electron chi connectivity index (χ4n) is 4.53. The van der Waals surface area contributed by atoms with E-state index in [0.29, 0.717) is 41.5 Å². The molecule has 4 rings (SSSR count). The number of methoxy groups -OCH3 is 1. The van der Waals surface area contributed by atoms with Crippen molar-refractivity contribution >= 4 is 30.1 Å². The minimum Gasteiger partial charge on any atom is -0.493 e. The number of urea groups is 1. The number of hydrogen-bond acceptors (Lipinski definition) is 10. The van der Waals surface area contributed by atoms with Crippen molar-refractivity contribution < 1.29 is 42.9 Å². The van der Waals surface area contributed by atoms with Crippen molar-refractivity contribution in [2.24, 2.45) is 5.10 Å². The Balaban J connectivity index is 1.27. The van der Waals surface area contributed by atoms with Gasteiger partial charge in [0, 0.05) is 5.70 Å². The van der Waals surface area contributed by atoms with Crippen molar-refractivity contribution in [3.63, 3.8) is 0 Å². The molecule has 0 radical (unpaired) electrons. The first-order valence-electron chi connectivity index (χ1n) is 14.8. The zero-order valence-electron chi connectivity index (χ0n) is 26.5. The molecule has 246 valence electrons. The molecule has 1 aliphatic rings. The van der Waals surface area contributed by atoms with Gasteiger partial charge >= 0.3 is 18.0 Å². The molecule has 1 heterocycles. The van der Waals surface area contributed by atoms with Crippen LogP contribution in [0.15, 0.2) is 83.1 Å². The summed E-state index contributed by atoms with van der Waals surface area (Å²) in [7, 11) is 1.44. The second-order valence-corrected chi connectivity index (χ2v) is 10.1. The molecule has 1 aliphatic heterocycles. The lowest BCUT2D eigenvalue weighted by molar-refractivity contribution is -0.139. The summed E-state index contributed by atoms with van der Waals surface area (Å²) in [4.78, 5) is 48.9. The normalized spacial score (nSPS) is 14.1. The molecule has 13 nitrogen and oxygen atoms in total. The Bertz CT molecular complexity index is 1650. The highest BCUT2D eigenvalue weighted by Crippen LogP contribution is 2.34. The van der Waals surface area contributed by atoms with E-state index in [1.54, 1.807) is 75.4 Å². The molecule has 0 aliphatic carbocycles. The Labute approximate surface area is 271 Å². The summed E-state index contributed by atoms with van der Waals surface area (Å²) in [5.41, 5.74) is 5.72. The van der Waals surface area contributed by atoms with E-state index in [9.17, 15) is 19.2 Å². The molecular weight excluding hydrogens is 608 g/mol. The lowest BCUT2D eigenvalue weighted by Gasteiger charge is -2.28. The summed E-state index contributed by atoms with van der Waals surface area (Å²) in [5, 5.41) is 9.29. The van der Waals surface area contributed by atoms with Crippen molar-refractivity contribution in [3.05, 3.63) is 100 Å². The summed E-state index contributed by atoms with van der Waals surface area (Å²) in [5.74, 6) is -0.212. The van der Waals surface area contributed by atoms with E-state index in [1.165, 1.54) is 13.3 Å². The number of carbonyl (C=O) groups excluding carboxylic acids is 4. The van der Waals surface area contributed by atoms with Gasteiger partial charge < -0.3 is 34.3 Å². The van der Waals surface area contributed by atoms with Crippen molar-refractivity contribution in [2.45, 2.75) is 33.4 Å². The molecule has 13 heteroatoms. The van der Waals surface area contributed by atoms with Crippen LogP contribution >= 0.6 is 0 Å². The van der Waals surface area contributed by atoms with Crippen molar-refractivity contribution in [2.75, 3.05) is 26.9 Å². The average Bonchev–Trinajstić information content (AvgIpc) is 3.07. The predicted octanol–water partition coefficient (Wildman–Crippen LogP) is 4.17. The summed E-state index contributed by atoms with van der Waals surface area (Å²) in [6, 6.07) is 17.7. The topological polar surface area (TPSA) is 163 Å². The standard InChI is InChI=1S/C34H36N4O9/c1-5-44-32(40)24-11-7-23(8-12-24)19-46-26-14-9-22(10-15-26)18-35-38-29(39)20-47-27-16-13-25(17-28(27)43-4)31-30(33(41)45-6-2)21(3)36-34(42)37-31/h7-18,31H,5-6,19-20H2,1-4H3,(H,38,39)(H2,36,37,42)/b35-18+/t31-/m0/s1. The van der Waals surface area contributed by atoms with Gasteiger partial charge in [-0.25, -0.2) is 19.8 Å². The predicted molar refractivity (Wildman–Crippen MR) is 171 cm³/mol. The second-order valence-electron chi connectivity index (χ2n) is 10.1. The quantitative estimate of drug-likeness (QED) is 0.133. The number of nitrogens with zero attached hydrogens (tertiary/aromatic N) is 1. The maximum absolute atomic E-state index is 12.6. The van der Waals surface area contributed by atoms with Crippen LogP contribution in [0.4, 0.5) is 4.79 Å². The fourth-order valence-corrected chi connectivity index (χ4v) is 4.53. The van der Waals surface area contributed by atoms with Gasteiger partial charge in [0.2, 0.25) is 0 Å². The number of amides is 3. The highest BCUT2D eigenvalue weighted by molar-refractivity contribution is 5.95. The van der Waals surface area contributed by atoms with Gasteiger partial charge in [-0.15, -0.1) is 0 Å². The van der Waals surface area contributed by atoms with Gasteiger partial charge in [0.1, 0.15) is 12.4 Å². The van der Waals surface area contributed by atoms with Gasteiger partial charge in [0.05, 0.1) is 43.7 Å².